The van der Waals surface area contributed by atoms with E-state index in [0.717, 1.165) is 4.47 Å². The van der Waals surface area contributed by atoms with E-state index in [4.69, 9.17) is 5.26 Å². The lowest BCUT2D eigenvalue weighted by Gasteiger charge is -2.06. The van der Waals surface area contributed by atoms with Crippen molar-refractivity contribution >= 4 is 39.1 Å². The van der Waals surface area contributed by atoms with E-state index >= 15 is 0 Å². The van der Waals surface area contributed by atoms with Crippen LogP contribution in [0.25, 0.3) is 0 Å². The third-order valence-corrected chi connectivity index (χ3v) is 4.33. The number of amides is 2. The largest absolute Gasteiger partial charge is 0.326 e. The fraction of sp³-hybridized carbons (Fsp3) is 0.167. The summed E-state index contributed by atoms with van der Waals surface area (Å²) in [6, 6.07) is 16.0. The quantitative estimate of drug-likeness (QED) is 0.846. The van der Waals surface area contributed by atoms with Crippen molar-refractivity contribution in [3.8, 4) is 6.07 Å². The molecular formula is C18H14BrN3O2. The Kier molecular flexibility index (Phi) is 4.63. The monoisotopic (exact) mass is 383 g/mol. The van der Waals surface area contributed by atoms with Crippen LogP contribution in [-0.4, -0.2) is 11.8 Å². The van der Waals surface area contributed by atoms with Crippen LogP contribution in [0.4, 0.5) is 11.4 Å². The van der Waals surface area contributed by atoms with Crippen LogP contribution in [0.15, 0.2) is 53.0 Å². The summed E-state index contributed by atoms with van der Waals surface area (Å²) in [5.74, 6) is -0.933. The Morgan fingerprint density at radius 1 is 1.00 bits per heavy atom. The molecule has 1 aliphatic carbocycles. The molecule has 0 heterocycles. The van der Waals surface area contributed by atoms with Crippen LogP contribution in [-0.2, 0) is 9.59 Å². The number of hydrogen-bond acceptors (Lipinski definition) is 3. The van der Waals surface area contributed by atoms with Gasteiger partial charge in [-0.1, -0.05) is 22.0 Å². The Bertz CT molecular complexity index is 827. The number of carbonyl (C=O) groups excluding carboxylic acids is 2. The molecule has 2 aromatic rings. The Hall–Kier alpha value is -2.65. The highest BCUT2D eigenvalue weighted by atomic mass is 79.9. The molecular weight excluding hydrogens is 370 g/mol. The van der Waals surface area contributed by atoms with E-state index in [0.29, 0.717) is 23.4 Å². The maximum Gasteiger partial charge on any atom is 0.228 e. The summed E-state index contributed by atoms with van der Waals surface area (Å²) >= 11 is 3.35. The van der Waals surface area contributed by atoms with Crippen LogP contribution in [0.5, 0.6) is 0 Å². The van der Waals surface area contributed by atoms with Crippen LogP contribution in [0.2, 0.25) is 0 Å². The average Bonchev–Trinajstić information content (AvgIpc) is 3.36. The van der Waals surface area contributed by atoms with Gasteiger partial charge in [0.15, 0.2) is 0 Å². The zero-order chi connectivity index (χ0) is 17.1. The van der Waals surface area contributed by atoms with Gasteiger partial charge >= 0.3 is 0 Å². The Morgan fingerprint density at radius 2 is 1.62 bits per heavy atom. The molecule has 0 saturated heterocycles. The van der Waals surface area contributed by atoms with Crippen molar-refractivity contribution in [3.63, 3.8) is 0 Å². The molecule has 0 aliphatic heterocycles. The number of rotatable bonds is 4. The first-order valence-electron chi connectivity index (χ1n) is 7.44. The lowest BCUT2D eigenvalue weighted by atomic mass is 10.2. The number of nitrogens with zero attached hydrogens (tertiary/aromatic N) is 1. The highest BCUT2D eigenvalue weighted by Crippen LogP contribution is 2.40. The second-order valence-electron chi connectivity index (χ2n) is 5.63. The van der Waals surface area contributed by atoms with E-state index in [1.165, 1.54) is 0 Å². The van der Waals surface area contributed by atoms with E-state index in [1.54, 1.807) is 30.3 Å². The normalized spacial score (nSPS) is 18.3. The first-order valence-corrected chi connectivity index (χ1v) is 8.23. The first-order chi connectivity index (χ1) is 11.6. The van der Waals surface area contributed by atoms with Gasteiger partial charge in [-0.05, 0) is 48.9 Å². The van der Waals surface area contributed by atoms with Crippen LogP contribution in [0.3, 0.4) is 0 Å². The van der Waals surface area contributed by atoms with Crippen molar-refractivity contribution in [2.75, 3.05) is 10.6 Å². The van der Waals surface area contributed by atoms with E-state index in [9.17, 15) is 9.59 Å². The molecule has 24 heavy (non-hydrogen) atoms. The van der Waals surface area contributed by atoms with Gasteiger partial charge < -0.3 is 10.6 Å². The van der Waals surface area contributed by atoms with Gasteiger partial charge in [0.25, 0.3) is 0 Å². The topological polar surface area (TPSA) is 82.0 Å². The number of nitriles is 1. The molecule has 3 rings (SSSR count). The Morgan fingerprint density at radius 3 is 2.21 bits per heavy atom. The molecule has 1 aliphatic rings. The number of hydrogen-bond donors (Lipinski definition) is 2. The van der Waals surface area contributed by atoms with Crippen LogP contribution in [0, 0.1) is 23.2 Å². The zero-order valence-corrected chi connectivity index (χ0v) is 14.2. The van der Waals surface area contributed by atoms with Crippen molar-refractivity contribution in [1.82, 2.24) is 0 Å². The molecule has 120 valence electrons. The van der Waals surface area contributed by atoms with E-state index in [-0.39, 0.29) is 23.7 Å². The van der Waals surface area contributed by atoms with E-state index in [1.807, 2.05) is 24.3 Å². The molecule has 0 bridgehead atoms. The highest BCUT2D eigenvalue weighted by Gasteiger charge is 2.48. The van der Waals surface area contributed by atoms with Gasteiger partial charge in [0.1, 0.15) is 0 Å². The maximum absolute atomic E-state index is 12.2. The molecule has 0 aromatic heterocycles. The third kappa shape index (κ3) is 3.81. The molecule has 2 unspecified atom stereocenters. The van der Waals surface area contributed by atoms with Crippen LogP contribution >= 0.6 is 15.9 Å². The van der Waals surface area contributed by atoms with Gasteiger partial charge in [-0.3, -0.25) is 9.59 Å². The van der Waals surface area contributed by atoms with Gasteiger partial charge in [-0.2, -0.15) is 5.26 Å². The number of benzene rings is 2. The lowest BCUT2D eigenvalue weighted by Crippen LogP contribution is -2.20. The summed E-state index contributed by atoms with van der Waals surface area (Å²) < 4.78 is 0.881. The van der Waals surface area contributed by atoms with Crippen molar-refractivity contribution in [2.45, 2.75) is 6.42 Å². The second-order valence-corrected chi connectivity index (χ2v) is 6.54. The predicted octanol–water partition coefficient (Wildman–Crippen LogP) is 3.53. The lowest BCUT2D eigenvalue weighted by molar-refractivity contribution is -0.122. The highest BCUT2D eigenvalue weighted by molar-refractivity contribution is 9.10. The third-order valence-electron chi connectivity index (χ3n) is 3.84. The van der Waals surface area contributed by atoms with Crippen molar-refractivity contribution in [3.05, 3.63) is 58.6 Å². The van der Waals surface area contributed by atoms with Gasteiger partial charge in [-0.15, -0.1) is 0 Å². The predicted molar refractivity (Wildman–Crippen MR) is 94.2 cm³/mol. The molecule has 1 fully saturated rings. The van der Waals surface area contributed by atoms with Gasteiger partial charge in [-0.25, -0.2) is 0 Å². The number of halogens is 1. The summed E-state index contributed by atoms with van der Waals surface area (Å²) in [6.45, 7) is 0. The number of nitrogens with one attached hydrogen (secondary N) is 2. The van der Waals surface area contributed by atoms with E-state index < -0.39 is 0 Å². The zero-order valence-electron chi connectivity index (χ0n) is 12.6. The summed E-state index contributed by atoms with van der Waals surface area (Å²) in [6.07, 6.45) is 0.544. The molecule has 6 heteroatoms. The standard InChI is InChI=1S/C18H14BrN3O2/c19-12-2-1-3-14(8-12)22-18(24)16-9-15(16)17(23)21-13-6-4-11(10-20)5-7-13/h1-8,15-16H,9H2,(H,21,23)(H,22,24). The summed E-state index contributed by atoms with van der Waals surface area (Å²) in [4.78, 5) is 24.4. The average molecular weight is 384 g/mol. The van der Waals surface area contributed by atoms with Gasteiger partial charge in [0.05, 0.1) is 23.5 Å². The van der Waals surface area contributed by atoms with Crippen LogP contribution < -0.4 is 10.6 Å². The summed E-state index contributed by atoms with van der Waals surface area (Å²) in [5, 5.41) is 14.4. The maximum atomic E-state index is 12.2. The first kappa shape index (κ1) is 16.2. The minimum atomic E-state index is -0.312. The molecule has 0 radical (unpaired) electrons. The fourth-order valence-corrected chi connectivity index (χ4v) is 2.84. The summed E-state index contributed by atoms with van der Waals surface area (Å²) in [5.41, 5.74) is 1.86. The molecule has 0 spiro atoms. The van der Waals surface area contributed by atoms with Gasteiger partial charge in [0, 0.05) is 15.8 Å². The number of carbonyl (C=O) groups is 2. The molecule has 1 saturated carbocycles. The number of anilines is 2. The minimum absolute atomic E-state index is 0.145. The Balaban J connectivity index is 1.55. The molecule has 2 atom stereocenters. The summed E-state index contributed by atoms with van der Waals surface area (Å²) in [7, 11) is 0. The minimum Gasteiger partial charge on any atom is -0.326 e. The molecule has 5 nitrogen and oxygen atoms in total. The fourth-order valence-electron chi connectivity index (χ4n) is 2.44. The SMILES string of the molecule is N#Cc1ccc(NC(=O)C2CC2C(=O)Nc2cccc(Br)c2)cc1. The Labute approximate surface area is 147 Å². The molecule has 2 amide bonds. The van der Waals surface area contributed by atoms with Gasteiger partial charge in [0.2, 0.25) is 11.8 Å². The van der Waals surface area contributed by atoms with Crippen molar-refractivity contribution in [2.24, 2.45) is 11.8 Å². The van der Waals surface area contributed by atoms with Crippen molar-refractivity contribution < 1.29 is 9.59 Å². The molecule has 2 aromatic carbocycles. The van der Waals surface area contributed by atoms with E-state index in [2.05, 4.69) is 26.6 Å². The van der Waals surface area contributed by atoms with Crippen molar-refractivity contribution in [1.29, 1.82) is 5.26 Å². The molecule has 2 N–H and O–H groups in total. The second kappa shape index (κ2) is 6.85. The van der Waals surface area contributed by atoms with Crippen LogP contribution in [0.1, 0.15) is 12.0 Å². The smallest absolute Gasteiger partial charge is 0.228 e.